The summed E-state index contributed by atoms with van der Waals surface area (Å²) in [5.41, 5.74) is 4.13. The lowest BCUT2D eigenvalue weighted by Gasteiger charge is -2.20. The van der Waals surface area contributed by atoms with E-state index in [0.29, 0.717) is 27.3 Å². The number of halogens is 3. The third kappa shape index (κ3) is 5.78. The standard InChI is InChI=1S/C23H24Cl3N3O/c1-14-5-6-15(9-19(14)25)13-29-21(16-7-8-18(24)20(26)10-16)11-17(28-29)12-22(30)27-23(2,3)4/h5-11H,12-13H2,1-4H3,(H,27,30). The third-order valence-corrected chi connectivity index (χ3v) is 5.62. The molecule has 1 aromatic heterocycles. The summed E-state index contributed by atoms with van der Waals surface area (Å²) in [5.74, 6) is -0.0776. The molecule has 0 atom stereocenters. The number of hydrogen-bond acceptors (Lipinski definition) is 2. The Balaban J connectivity index is 1.97. The van der Waals surface area contributed by atoms with Crippen molar-refractivity contribution in [3.05, 3.63) is 74.4 Å². The fourth-order valence-electron chi connectivity index (χ4n) is 3.10. The normalized spacial score (nSPS) is 11.6. The van der Waals surface area contributed by atoms with Gasteiger partial charge in [0.05, 0.1) is 34.4 Å². The summed E-state index contributed by atoms with van der Waals surface area (Å²) in [6.07, 6.45) is 0.188. The van der Waals surface area contributed by atoms with Crippen LogP contribution in [0.5, 0.6) is 0 Å². The van der Waals surface area contributed by atoms with Crippen molar-refractivity contribution in [2.24, 2.45) is 0 Å². The van der Waals surface area contributed by atoms with Gasteiger partial charge < -0.3 is 5.32 Å². The minimum atomic E-state index is -0.301. The van der Waals surface area contributed by atoms with E-state index in [1.165, 1.54) is 0 Å². The Morgan fingerprint density at radius 1 is 1.00 bits per heavy atom. The van der Waals surface area contributed by atoms with Gasteiger partial charge in [-0.3, -0.25) is 9.48 Å². The number of benzene rings is 2. The van der Waals surface area contributed by atoms with E-state index in [2.05, 4.69) is 5.32 Å². The molecule has 7 heteroatoms. The van der Waals surface area contributed by atoms with Crippen molar-refractivity contribution in [1.82, 2.24) is 15.1 Å². The van der Waals surface area contributed by atoms with Crippen molar-refractivity contribution in [2.45, 2.75) is 46.2 Å². The van der Waals surface area contributed by atoms with Crippen LogP contribution < -0.4 is 5.32 Å². The SMILES string of the molecule is Cc1ccc(Cn2nc(CC(=O)NC(C)(C)C)cc2-c2ccc(Cl)c(Cl)c2)cc1Cl. The van der Waals surface area contributed by atoms with Gasteiger partial charge >= 0.3 is 0 Å². The number of aromatic nitrogens is 2. The van der Waals surface area contributed by atoms with E-state index >= 15 is 0 Å². The second kappa shape index (κ2) is 9.01. The molecule has 1 heterocycles. The molecule has 1 N–H and O–H groups in total. The van der Waals surface area contributed by atoms with Crippen molar-refractivity contribution in [2.75, 3.05) is 0 Å². The smallest absolute Gasteiger partial charge is 0.226 e. The number of carbonyl (C=O) groups is 1. The topological polar surface area (TPSA) is 46.9 Å². The van der Waals surface area contributed by atoms with Crippen LogP contribution in [0.3, 0.4) is 0 Å². The molecule has 158 valence electrons. The first-order chi connectivity index (χ1) is 14.0. The van der Waals surface area contributed by atoms with Crippen LogP contribution in [0.25, 0.3) is 11.3 Å². The van der Waals surface area contributed by atoms with Gasteiger partial charge in [-0.05, 0) is 63.1 Å². The van der Waals surface area contributed by atoms with Gasteiger partial charge in [-0.2, -0.15) is 5.10 Å². The summed E-state index contributed by atoms with van der Waals surface area (Å²) in [6, 6.07) is 13.3. The van der Waals surface area contributed by atoms with E-state index in [1.54, 1.807) is 12.1 Å². The summed E-state index contributed by atoms with van der Waals surface area (Å²) in [4.78, 5) is 12.4. The Morgan fingerprint density at radius 3 is 2.37 bits per heavy atom. The maximum atomic E-state index is 12.4. The Hall–Kier alpha value is -2.01. The molecule has 0 saturated carbocycles. The summed E-state index contributed by atoms with van der Waals surface area (Å²) in [7, 11) is 0. The van der Waals surface area contributed by atoms with E-state index in [1.807, 2.05) is 62.7 Å². The molecule has 0 aliphatic carbocycles. The highest BCUT2D eigenvalue weighted by atomic mass is 35.5. The number of rotatable bonds is 5. The lowest BCUT2D eigenvalue weighted by atomic mass is 10.1. The number of carbonyl (C=O) groups excluding carboxylic acids is 1. The summed E-state index contributed by atoms with van der Waals surface area (Å²) < 4.78 is 1.86. The molecular formula is C23H24Cl3N3O. The Morgan fingerprint density at radius 2 is 1.73 bits per heavy atom. The van der Waals surface area contributed by atoms with Crippen molar-refractivity contribution in [3.8, 4) is 11.3 Å². The molecular weight excluding hydrogens is 441 g/mol. The van der Waals surface area contributed by atoms with Gasteiger partial charge in [-0.15, -0.1) is 0 Å². The van der Waals surface area contributed by atoms with Crippen molar-refractivity contribution < 1.29 is 4.79 Å². The number of nitrogens with zero attached hydrogens (tertiary/aromatic N) is 2. The molecule has 3 aromatic rings. The van der Waals surface area contributed by atoms with Crippen LogP contribution in [0.2, 0.25) is 15.1 Å². The van der Waals surface area contributed by atoms with Crippen LogP contribution in [-0.2, 0) is 17.8 Å². The van der Waals surface area contributed by atoms with Crippen LogP contribution >= 0.6 is 34.8 Å². The molecule has 0 unspecified atom stereocenters. The average molecular weight is 465 g/mol. The number of nitrogens with one attached hydrogen (secondary N) is 1. The fraction of sp³-hybridized carbons (Fsp3) is 0.304. The molecule has 0 radical (unpaired) electrons. The maximum absolute atomic E-state index is 12.4. The quantitative estimate of drug-likeness (QED) is 0.480. The van der Waals surface area contributed by atoms with Crippen LogP contribution in [0.15, 0.2) is 42.5 Å². The van der Waals surface area contributed by atoms with Gasteiger partial charge in [0, 0.05) is 16.1 Å². The Kier molecular flexibility index (Phi) is 6.81. The Labute approximate surface area is 192 Å². The van der Waals surface area contributed by atoms with E-state index in [-0.39, 0.29) is 17.9 Å². The van der Waals surface area contributed by atoms with E-state index in [0.717, 1.165) is 22.4 Å². The first-order valence-electron chi connectivity index (χ1n) is 9.60. The molecule has 3 rings (SSSR count). The largest absolute Gasteiger partial charge is 0.351 e. The monoisotopic (exact) mass is 463 g/mol. The summed E-state index contributed by atoms with van der Waals surface area (Å²) >= 11 is 18.6. The van der Waals surface area contributed by atoms with Gasteiger partial charge in [0.2, 0.25) is 5.91 Å². The molecule has 0 aliphatic rings. The molecule has 0 saturated heterocycles. The van der Waals surface area contributed by atoms with Crippen molar-refractivity contribution in [1.29, 1.82) is 0 Å². The molecule has 0 aliphatic heterocycles. The van der Waals surface area contributed by atoms with E-state index in [4.69, 9.17) is 39.9 Å². The van der Waals surface area contributed by atoms with E-state index in [9.17, 15) is 4.79 Å². The van der Waals surface area contributed by atoms with Gasteiger partial charge in [0.15, 0.2) is 0 Å². The minimum absolute atomic E-state index is 0.0776. The predicted molar refractivity (Wildman–Crippen MR) is 125 cm³/mol. The van der Waals surface area contributed by atoms with Crippen LogP contribution in [-0.4, -0.2) is 21.2 Å². The number of aryl methyl sites for hydroxylation is 1. The zero-order valence-electron chi connectivity index (χ0n) is 17.4. The van der Waals surface area contributed by atoms with Gasteiger partial charge in [-0.1, -0.05) is 53.0 Å². The number of hydrogen-bond donors (Lipinski definition) is 1. The van der Waals surface area contributed by atoms with Crippen LogP contribution in [0, 0.1) is 6.92 Å². The first kappa shape index (κ1) is 22.7. The molecule has 1 amide bonds. The highest BCUT2D eigenvalue weighted by Crippen LogP contribution is 2.30. The maximum Gasteiger partial charge on any atom is 0.226 e. The molecule has 0 fully saturated rings. The fourth-order valence-corrected chi connectivity index (χ4v) is 3.60. The lowest BCUT2D eigenvalue weighted by molar-refractivity contribution is -0.121. The first-order valence-corrected chi connectivity index (χ1v) is 10.7. The minimum Gasteiger partial charge on any atom is -0.351 e. The average Bonchev–Trinajstić information content (AvgIpc) is 3.01. The van der Waals surface area contributed by atoms with Gasteiger partial charge in [0.1, 0.15) is 0 Å². The predicted octanol–water partition coefficient (Wildman–Crippen LogP) is 6.32. The molecule has 4 nitrogen and oxygen atoms in total. The third-order valence-electron chi connectivity index (χ3n) is 4.47. The second-order valence-electron chi connectivity index (χ2n) is 8.37. The molecule has 30 heavy (non-hydrogen) atoms. The molecule has 0 bridgehead atoms. The lowest BCUT2D eigenvalue weighted by Crippen LogP contribution is -2.41. The highest BCUT2D eigenvalue weighted by Gasteiger charge is 2.18. The van der Waals surface area contributed by atoms with Gasteiger partial charge in [0.25, 0.3) is 0 Å². The van der Waals surface area contributed by atoms with Crippen molar-refractivity contribution in [3.63, 3.8) is 0 Å². The van der Waals surface area contributed by atoms with E-state index < -0.39 is 0 Å². The van der Waals surface area contributed by atoms with Crippen molar-refractivity contribution >= 4 is 40.7 Å². The highest BCUT2D eigenvalue weighted by molar-refractivity contribution is 6.42. The summed E-state index contributed by atoms with van der Waals surface area (Å²) in [5, 5.41) is 9.33. The van der Waals surface area contributed by atoms with Gasteiger partial charge in [-0.25, -0.2) is 0 Å². The zero-order chi connectivity index (χ0) is 22.1. The molecule has 2 aromatic carbocycles. The molecule has 0 spiro atoms. The van der Waals surface area contributed by atoms with Crippen LogP contribution in [0.4, 0.5) is 0 Å². The summed E-state index contributed by atoms with van der Waals surface area (Å²) in [6.45, 7) is 8.33. The Bertz CT molecular complexity index is 1080. The van der Waals surface area contributed by atoms with Crippen LogP contribution in [0.1, 0.15) is 37.6 Å². The number of amides is 1. The zero-order valence-corrected chi connectivity index (χ0v) is 19.7. The second-order valence-corrected chi connectivity index (χ2v) is 9.59.